The third-order valence-corrected chi connectivity index (χ3v) is 5.21. The highest BCUT2D eigenvalue weighted by atomic mass is 16.2. The van der Waals surface area contributed by atoms with E-state index in [0.717, 1.165) is 33.5 Å². The lowest BCUT2D eigenvalue weighted by atomic mass is 10.0. The molecule has 2 aromatic carbocycles. The van der Waals surface area contributed by atoms with E-state index in [1.54, 1.807) is 4.52 Å². The van der Waals surface area contributed by atoms with Crippen LogP contribution in [0.25, 0.3) is 16.6 Å². The molecule has 0 aliphatic heterocycles. The number of hydrogen-bond acceptors (Lipinski definition) is 4. The van der Waals surface area contributed by atoms with Gasteiger partial charge in [0.25, 0.3) is 0 Å². The molecule has 0 aliphatic carbocycles. The van der Waals surface area contributed by atoms with Crippen LogP contribution in [0, 0.1) is 6.92 Å². The first-order valence-corrected chi connectivity index (χ1v) is 10.1. The van der Waals surface area contributed by atoms with E-state index in [1.807, 2.05) is 54.7 Å². The maximum absolute atomic E-state index is 12.5. The standard InChI is InChI=1S/C24H25N6O/c1-4-16-13-30-22(23(25)26-14-27-30)21(16)17-9-11-18(12-10-17)28-24(31)29-20-8-6-5-7-19(20)15(2)3/h5-15H,1,4H2,2-3H3,(H2,25,26,27)(H2,28,29,31). The third-order valence-electron chi connectivity index (χ3n) is 5.21. The minimum Gasteiger partial charge on any atom is -0.382 e. The lowest BCUT2D eigenvalue weighted by Crippen LogP contribution is -2.20. The van der Waals surface area contributed by atoms with Crippen LogP contribution >= 0.6 is 0 Å². The molecule has 7 nitrogen and oxygen atoms in total. The number of hydrogen-bond donors (Lipinski definition) is 3. The second-order valence-corrected chi connectivity index (χ2v) is 7.62. The van der Waals surface area contributed by atoms with Gasteiger partial charge in [-0.1, -0.05) is 44.2 Å². The monoisotopic (exact) mass is 413 g/mol. The van der Waals surface area contributed by atoms with Crippen molar-refractivity contribution in [3.05, 3.63) is 79.1 Å². The molecule has 4 N–H and O–H groups in total. The van der Waals surface area contributed by atoms with Crippen molar-refractivity contribution < 1.29 is 4.79 Å². The van der Waals surface area contributed by atoms with Gasteiger partial charge in [0, 0.05) is 23.1 Å². The minimum atomic E-state index is -0.286. The Hall–Kier alpha value is -3.87. The number of carbonyl (C=O) groups is 1. The number of nitrogen functional groups attached to an aromatic ring is 1. The van der Waals surface area contributed by atoms with Crippen LogP contribution < -0.4 is 16.4 Å². The Balaban J connectivity index is 1.56. The molecule has 2 heterocycles. The number of amides is 2. The fourth-order valence-corrected chi connectivity index (χ4v) is 3.72. The van der Waals surface area contributed by atoms with E-state index in [2.05, 4.69) is 41.5 Å². The number of nitrogens with two attached hydrogens (primary N) is 1. The Morgan fingerprint density at radius 2 is 1.87 bits per heavy atom. The van der Waals surface area contributed by atoms with Crippen LogP contribution in [-0.4, -0.2) is 20.6 Å². The van der Waals surface area contributed by atoms with Crippen molar-refractivity contribution in [1.29, 1.82) is 0 Å². The number of rotatable bonds is 5. The Kier molecular flexibility index (Phi) is 5.58. The fraction of sp³-hybridized carbons (Fsp3) is 0.167. The first-order valence-electron chi connectivity index (χ1n) is 10.1. The highest BCUT2D eigenvalue weighted by molar-refractivity contribution is 6.00. The van der Waals surface area contributed by atoms with E-state index in [9.17, 15) is 4.79 Å². The number of nitrogens with zero attached hydrogens (tertiary/aromatic N) is 3. The molecule has 4 aromatic rings. The maximum Gasteiger partial charge on any atom is 0.323 e. The minimum absolute atomic E-state index is 0.286. The van der Waals surface area contributed by atoms with E-state index in [4.69, 9.17) is 5.73 Å². The summed E-state index contributed by atoms with van der Waals surface area (Å²) in [4.78, 5) is 16.6. The number of aromatic nitrogens is 3. The van der Waals surface area contributed by atoms with Crippen LogP contribution in [0.3, 0.4) is 0 Å². The predicted molar refractivity (Wildman–Crippen MR) is 125 cm³/mol. The summed E-state index contributed by atoms with van der Waals surface area (Å²) in [6.07, 6.45) is 3.94. The van der Waals surface area contributed by atoms with Gasteiger partial charge in [-0.15, -0.1) is 0 Å². The van der Waals surface area contributed by atoms with Crippen molar-refractivity contribution in [1.82, 2.24) is 14.6 Å². The molecular weight excluding hydrogens is 388 g/mol. The van der Waals surface area contributed by atoms with Crippen molar-refractivity contribution in [2.75, 3.05) is 16.4 Å². The molecule has 0 atom stereocenters. The molecule has 0 unspecified atom stereocenters. The number of fused-ring (bicyclic) bond motifs is 1. The Morgan fingerprint density at radius 1 is 1.13 bits per heavy atom. The third kappa shape index (κ3) is 4.07. The van der Waals surface area contributed by atoms with Crippen LogP contribution in [0.2, 0.25) is 0 Å². The second kappa shape index (κ2) is 8.47. The van der Waals surface area contributed by atoms with E-state index in [0.29, 0.717) is 23.8 Å². The highest BCUT2D eigenvalue weighted by Gasteiger charge is 2.16. The zero-order valence-electron chi connectivity index (χ0n) is 17.6. The molecule has 157 valence electrons. The Bertz CT molecular complexity index is 1230. The second-order valence-electron chi connectivity index (χ2n) is 7.62. The number of anilines is 3. The van der Waals surface area contributed by atoms with Crippen molar-refractivity contribution in [3.63, 3.8) is 0 Å². The van der Waals surface area contributed by atoms with Gasteiger partial charge in [0.1, 0.15) is 11.8 Å². The van der Waals surface area contributed by atoms with Gasteiger partial charge in [-0.3, -0.25) is 0 Å². The Labute approximate surface area is 181 Å². The summed E-state index contributed by atoms with van der Waals surface area (Å²) in [6.45, 7) is 8.21. The average molecular weight is 414 g/mol. The molecule has 0 bridgehead atoms. The van der Waals surface area contributed by atoms with Gasteiger partial charge >= 0.3 is 6.03 Å². The molecule has 0 saturated heterocycles. The van der Waals surface area contributed by atoms with Crippen molar-refractivity contribution >= 4 is 28.7 Å². The number of carbonyl (C=O) groups excluding carboxylic acids is 1. The largest absolute Gasteiger partial charge is 0.382 e. The van der Waals surface area contributed by atoms with Crippen LogP contribution in [0.4, 0.5) is 22.0 Å². The molecule has 0 aliphatic rings. The lowest BCUT2D eigenvalue weighted by molar-refractivity contribution is 0.262. The summed E-state index contributed by atoms with van der Waals surface area (Å²) in [6, 6.07) is 15.1. The Morgan fingerprint density at radius 3 is 2.58 bits per heavy atom. The van der Waals surface area contributed by atoms with Gasteiger partial charge in [-0.25, -0.2) is 14.3 Å². The number of para-hydroxylation sites is 1. The fourth-order valence-electron chi connectivity index (χ4n) is 3.72. The number of benzene rings is 2. The summed E-state index contributed by atoms with van der Waals surface area (Å²) in [5.74, 6) is 0.724. The zero-order chi connectivity index (χ0) is 22.0. The molecule has 2 aromatic heterocycles. The normalized spacial score (nSPS) is 11.1. The quantitative estimate of drug-likeness (QED) is 0.423. The molecule has 0 spiro atoms. The molecule has 31 heavy (non-hydrogen) atoms. The predicted octanol–water partition coefficient (Wildman–Crippen LogP) is 5.12. The van der Waals surface area contributed by atoms with Gasteiger partial charge in [0.05, 0.1) is 0 Å². The van der Waals surface area contributed by atoms with Gasteiger partial charge < -0.3 is 16.4 Å². The number of urea groups is 1. The van der Waals surface area contributed by atoms with Crippen molar-refractivity contribution in [3.8, 4) is 11.1 Å². The van der Waals surface area contributed by atoms with Gasteiger partial charge in [0.2, 0.25) is 0 Å². The zero-order valence-corrected chi connectivity index (χ0v) is 17.6. The smallest absolute Gasteiger partial charge is 0.323 e. The van der Waals surface area contributed by atoms with Gasteiger partial charge in [0.15, 0.2) is 5.82 Å². The molecular formula is C24H25N6O. The molecule has 0 fully saturated rings. The molecule has 0 saturated carbocycles. The molecule has 1 radical (unpaired) electrons. The maximum atomic E-state index is 12.5. The summed E-state index contributed by atoms with van der Waals surface area (Å²) in [7, 11) is 0. The van der Waals surface area contributed by atoms with E-state index >= 15 is 0 Å². The van der Waals surface area contributed by atoms with Gasteiger partial charge in [-0.2, -0.15) is 5.10 Å². The number of nitrogens with one attached hydrogen (secondary N) is 2. The molecule has 2 amide bonds. The average Bonchev–Trinajstić information content (AvgIpc) is 3.14. The lowest BCUT2D eigenvalue weighted by Gasteiger charge is -2.14. The highest BCUT2D eigenvalue weighted by Crippen LogP contribution is 2.33. The molecule has 4 rings (SSSR count). The van der Waals surface area contributed by atoms with Crippen LogP contribution in [0.5, 0.6) is 0 Å². The summed E-state index contributed by atoms with van der Waals surface area (Å²) < 4.78 is 1.73. The first kappa shape index (κ1) is 20.4. The summed E-state index contributed by atoms with van der Waals surface area (Å²) in [5.41, 5.74) is 12.4. The van der Waals surface area contributed by atoms with Crippen LogP contribution in [-0.2, 0) is 6.42 Å². The van der Waals surface area contributed by atoms with E-state index in [-0.39, 0.29) is 6.03 Å². The topological polar surface area (TPSA) is 97.3 Å². The van der Waals surface area contributed by atoms with E-state index < -0.39 is 0 Å². The summed E-state index contributed by atoms with van der Waals surface area (Å²) >= 11 is 0. The van der Waals surface area contributed by atoms with E-state index in [1.165, 1.54) is 6.33 Å². The van der Waals surface area contributed by atoms with Gasteiger partial charge in [-0.05, 0) is 54.2 Å². The molecule has 7 heteroatoms. The van der Waals surface area contributed by atoms with Crippen molar-refractivity contribution in [2.24, 2.45) is 0 Å². The van der Waals surface area contributed by atoms with Crippen molar-refractivity contribution in [2.45, 2.75) is 26.2 Å². The SMILES string of the molecule is [CH2]Cc1cn2ncnc(N)c2c1-c1ccc(NC(=O)Nc2ccccc2C(C)C)cc1. The first-order chi connectivity index (χ1) is 15.0. The van der Waals surface area contributed by atoms with Crippen LogP contribution in [0.1, 0.15) is 30.9 Å². The van der Waals surface area contributed by atoms with Crippen LogP contribution in [0.15, 0.2) is 61.1 Å². The summed E-state index contributed by atoms with van der Waals surface area (Å²) in [5, 5.41) is 10.1.